The summed E-state index contributed by atoms with van der Waals surface area (Å²) in [6.07, 6.45) is 2.20. The van der Waals surface area contributed by atoms with Gasteiger partial charge in [0.15, 0.2) is 0 Å². The van der Waals surface area contributed by atoms with Crippen molar-refractivity contribution in [3.63, 3.8) is 0 Å². The van der Waals surface area contributed by atoms with Crippen molar-refractivity contribution in [2.45, 2.75) is 18.8 Å². The molecule has 1 aliphatic rings. The second-order valence-corrected chi connectivity index (χ2v) is 4.45. The van der Waals surface area contributed by atoms with Gasteiger partial charge in [0.2, 0.25) is 5.01 Å². The number of rotatable bonds is 2. The van der Waals surface area contributed by atoms with E-state index < -0.39 is 0 Å². The monoisotopic (exact) mass is 226 g/mol. The fraction of sp³-hybridized carbons (Fsp3) is 0.600. The van der Waals surface area contributed by atoms with E-state index in [4.69, 9.17) is 0 Å². The van der Waals surface area contributed by atoms with Gasteiger partial charge in [-0.1, -0.05) is 0 Å². The first-order valence-electron chi connectivity index (χ1n) is 5.05. The summed E-state index contributed by atoms with van der Waals surface area (Å²) in [5, 5.41) is 5.75. The van der Waals surface area contributed by atoms with E-state index in [1.165, 1.54) is 18.4 Å². The number of esters is 1. The van der Waals surface area contributed by atoms with Crippen molar-refractivity contribution in [3.05, 3.63) is 16.1 Å². The average molecular weight is 226 g/mol. The van der Waals surface area contributed by atoms with E-state index in [2.05, 4.69) is 15.0 Å². The molecule has 0 bridgehead atoms. The van der Waals surface area contributed by atoms with Crippen molar-refractivity contribution in [3.8, 4) is 0 Å². The summed E-state index contributed by atoms with van der Waals surface area (Å²) < 4.78 is 4.63. The van der Waals surface area contributed by atoms with E-state index in [0.717, 1.165) is 31.6 Å². The van der Waals surface area contributed by atoms with Gasteiger partial charge >= 0.3 is 5.97 Å². The van der Waals surface area contributed by atoms with Crippen LogP contribution in [0.1, 0.15) is 34.3 Å². The summed E-state index contributed by atoms with van der Waals surface area (Å²) in [5.41, 5.74) is 1.04. The predicted octanol–water partition coefficient (Wildman–Crippen LogP) is 1.40. The maximum Gasteiger partial charge on any atom is 0.367 e. The van der Waals surface area contributed by atoms with E-state index in [1.54, 1.807) is 0 Å². The lowest BCUT2D eigenvalue weighted by Gasteiger charge is -2.20. The van der Waals surface area contributed by atoms with Crippen LogP contribution < -0.4 is 5.32 Å². The molecule has 1 aliphatic heterocycles. The zero-order valence-corrected chi connectivity index (χ0v) is 9.47. The van der Waals surface area contributed by atoms with Crippen LogP contribution in [0.4, 0.5) is 0 Å². The van der Waals surface area contributed by atoms with Crippen molar-refractivity contribution in [2.75, 3.05) is 20.2 Å². The van der Waals surface area contributed by atoms with Crippen molar-refractivity contribution in [1.82, 2.24) is 10.3 Å². The molecule has 4 nitrogen and oxygen atoms in total. The fourth-order valence-corrected chi connectivity index (χ4v) is 2.59. The maximum absolute atomic E-state index is 11.2. The van der Waals surface area contributed by atoms with Gasteiger partial charge in [0.05, 0.1) is 12.8 Å². The van der Waals surface area contributed by atoms with E-state index in [-0.39, 0.29) is 5.97 Å². The van der Waals surface area contributed by atoms with Crippen LogP contribution in [0.3, 0.4) is 0 Å². The van der Waals surface area contributed by atoms with Gasteiger partial charge in [-0.05, 0) is 25.9 Å². The van der Waals surface area contributed by atoms with Crippen LogP contribution in [-0.4, -0.2) is 31.2 Å². The highest BCUT2D eigenvalue weighted by molar-refractivity contribution is 7.11. The number of hydrogen-bond acceptors (Lipinski definition) is 5. The number of methoxy groups -OCH3 is 1. The Morgan fingerprint density at radius 3 is 3.00 bits per heavy atom. The number of aromatic nitrogens is 1. The summed E-state index contributed by atoms with van der Waals surface area (Å²) in [6, 6.07) is 0. The molecule has 0 amide bonds. The second kappa shape index (κ2) is 4.72. The highest BCUT2D eigenvalue weighted by Gasteiger charge is 2.19. The Kier molecular flexibility index (Phi) is 3.33. The first-order valence-corrected chi connectivity index (χ1v) is 5.93. The van der Waals surface area contributed by atoms with Crippen molar-refractivity contribution >= 4 is 17.3 Å². The molecule has 2 rings (SSSR count). The molecule has 5 heteroatoms. The number of piperidine rings is 1. The molecular weight excluding hydrogens is 212 g/mol. The average Bonchev–Trinajstić information content (AvgIpc) is 2.78. The predicted molar refractivity (Wildman–Crippen MR) is 58.3 cm³/mol. The summed E-state index contributed by atoms with van der Waals surface area (Å²) >= 11 is 1.37. The summed E-state index contributed by atoms with van der Waals surface area (Å²) in [4.78, 5) is 15.5. The van der Waals surface area contributed by atoms with Crippen LogP contribution >= 0.6 is 11.3 Å². The van der Waals surface area contributed by atoms with Crippen molar-refractivity contribution in [1.29, 1.82) is 0 Å². The molecule has 82 valence electrons. The zero-order chi connectivity index (χ0) is 10.7. The minimum atomic E-state index is -0.333. The molecule has 1 N–H and O–H groups in total. The molecule has 0 radical (unpaired) electrons. The van der Waals surface area contributed by atoms with Crippen LogP contribution in [0, 0.1) is 0 Å². The molecular formula is C10H14N2O2S. The van der Waals surface area contributed by atoms with E-state index in [1.807, 2.05) is 5.38 Å². The number of ether oxygens (including phenoxy) is 1. The number of carbonyl (C=O) groups is 1. The smallest absolute Gasteiger partial charge is 0.367 e. The lowest BCUT2D eigenvalue weighted by molar-refractivity contribution is 0.0600. The van der Waals surface area contributed by atoms with Gasteiger partial charge in [-0.15, -0.1) is 11.3 Å². The molecule has 0 aliphatic carbocycles. The zero-order valence-electron chi connectivity index (χ0n) is 8.66. The highest BCUT2D eigenvalue weighted by atomic mass is 32.1. The van der Waals surface area contributed by atoms with Crippen LogP contribution in [0.25, 0.3) is 0 Å². The normalized spacial score (nSPS) is 17.7. The Morgan fingerprint density at radius 2 is 2.33 bits per heavy atom. The van der Waals surface area contributed by atoms with Gasteiger partial charge in [0, 0.05) is 11.3 Å². The molecule has 1 saturated heterocycles. The lowest BCUT2D eigenvalue weighted by Crippen LogP contribution is -2.26. The number of nitrogens with one attached hydrogen (secondary N) is 1. The third-order valence-electron chi connectivity index (χ3n) is 2.64. The molecule has 2 heterocycles. The topological polar surface area (TPSA) is 51.2 Å². The molecule has 1 aromatic rings. The van der Waals surface area contributed by atoms with Gasteiger partial charge in [-0.2, -0.15) is 0 Å². The van der Waals surface area contributed by atoms with Crippen molar-refractivity contribution in [2.24, 2.45) is 0 Å². The highest BCUT2D eigenvalue weighted by Crippen LogP contribution is 2.26. The Balaban J connectivity index is 2.08. The van der Waals surface area contributed by atoms with E-state index in [0.29, 0.717) is 10.9 Å². The van der Waals surface area contributed by atoms with E-state index >= 15 is 0 Å². The molecule has 0 unspecified atom stereocenters. The molecule has 0 saturated carbocycles. The van der Waals surface area contributed by atoms with Crippen LogP contribution in [0.15, 0.2) is 5.38 Å². The van der Waals surface area contributed by atoms with Crippen LogP contribution in [0.2, 0.25) is 0 Å². The van der Waals surface area contributed by atoms with Crippen molar-refractivity contribution < 1.29 is 9.53 Å². The summed E-state index contributed by atoms with van der Waals surface area (Å²) in [6.45, 7) is 2.07. The molecule has 1 fully saturated rings. The third kappa shape index (κ3) is 2.35. The minimum absolute atomic E-state index is 0.333. The first kappa shape index (κ1) is 10.6. The van der Waals surface area contributed by atoms with Gasteiger partial charge < -0.3 is 10.1 Å². The Morgan fingerprint density at radius 1 is 1.60 bits per heavy atom. The molecule has 0 atom stereocenters. The number of thiazole rings is 1. The van der Waals surface area contributed by atoms with Crippen LogP contribution in [-0.2, 0) is 4.74 Å². The fourth-order valence-electron chi connectivity index (χ4n) is 1.77. The largest absolute Gasteiger partial charge is 0.464 e. The Hall–Kier alpha value is -0.940. The molecule has 15 heavy (non-hydrogen) atoms. The van der Waals surface area contributed by atoms with Crippen LogP contribution in [0.5, 0.6) is 0 Å². The van der Waals surface area contributed by atoms with Gasteiger partial charge in [-0.25, -0.2) is 9.78 Å². The lowest BCUT2D eigenvalue weighted by atomic mass is 9.95. The maximum atomic E-state index is 11.2. The van der Waals surface area contributed by atoms with Gasteiger partial charge in [-0.3, -0.25) is 0 Å². The van der Waals surface area contributed by atoms with E-state index in [9.17, 15) is 4.79 Å². The number of nitrogens with zero attached hydrogens (tertiary/aromatic N) is 1. The quantitative estimate of drug-likeness (QED) is 0.774. The second-order valence-electron chi connectivity index (χ2n) is 3.59. The number of carbonyl (C=O) groups excluding carboxylic acids is 1. The Bertz CT molecular complexity index is 345. The standard InChI is InChI=1S/C10H14N2O2S/c1-14-10(13)9-12-8(6-15-9)7-2-4-11-5-3-7/h6-7,11H,2-5H2,1H3. The summed E-state index contributed by atoms with van der Waals surface area (Å²) in [5.74, 6) is 0.168. The third-order valence-corrected chi connectivity index (χ3v) is 3.48. The molecule has 0 aromatic carbocycles. The number of hydrogen-bond donors (Lipinski definition) is 1. The minimum Gasteiger partial charge on any atom is -0.464 e. The SMILES string of the molecule is COC(=O)c1nc(C2CCNCC2)cs1. The van der Waals surface area contributed by atoms with Gasteiger partial charge in [0.25, 0.3) is 0 Å². The Labute approximate surface area is 92.7 Å². The first-order chi connectivity index (χ1) is 7.31. The summed E-state index contributed by atoms with van der Waals surface area (Å²) in [7, 11) is 1.38. The van der Waals surface area contributed by atoms with Gasteiger partial charge in [0.1, 0.15) is 0 Å². The molecule has 1 aromatic heterocycles. The molecule has 0 spiro atoms.